The molecule has 0 N–H and O–H groups in total. The molecule has 0 spiro atoms. The van der Waals surface area contributed by atoms with E-state index in [1.165, 1.54) is 0 Å². The number of esters is 3. The average molecular weight is 739 g/mol. The number of nitro groups is 1. The molecule has 0 aliphatic carbocycles. The van der Waals surface area contributed by atoms with Gasteiger partial charge in [0.05, 0.1) is 0 Å². The lowest BCUT2D eigenvalue weighted by atomic mass is 10.0. The van der Waals surface area contributed by atoms with Gasteiger partial charge in [0.2, 0.25) is 0 Å². The molecule has 270 valence electrons. The molecule has 46 heavy (non-hydrogen) atoms. The van der Waals surface area contributed by atoms with Crippen molar-refractivity contribution in [1.29, 1.82) is 0 Å². The Labute approximate surface area is 234 Å². The molecule has 0 aromatic carbocycles. The van der Waals surface area contributed by atoms with Crippen LogP contribution in [0.4, 0.5) is 92.2 Å². The number of alkyl halides is 21. The van der Waals surface area contributed by atoms with Crippen LogP contribution < -0.4 is 0 Å². The maximum absolute atomic E-state index is 13.4. The number of hydrogen-bond donors (Lipinski definition) is 0. The quantitative estimate of drug-likeness (QED) is 0.0839. The van der Waals surface area contributed by atoms with Crippen molar-refractivity contribution in [2.75, 3.05) is 19.8 Å². The van der Waals surface area contributed by atoms with Crippen LogP contribution in [0, 0.1) is 10.1 Å². The predicted octanol–water partition coefficient (Wildman–Crippen LogP) is 5.13. The summed E-state index contributed by atoms with van der Waals surface area (Å²) >= 11 is 0. The van der Waals surface area contributed by atoms with Crippen molar-refractivity contribution in [2.24, 2.45) is 0 Å². The maximum Gasteiger partial charge on any atom is 0.460 e. The Bertz CT molecular complexity index is 1040. The molecule has 0 atom stereocenters. The highest BCUT2D eigenvalue weighted by Crippen LogP contribution is 2.49. The lowest BCUT2D eigenvalue weighted by Gasteiger charge is -2.30. The predicted molar refractivity (Wildman–Crippen MR) is 90.4 cm³/mol. The molecule has 0 aliphatic heterocycles. The van der Waals surface area contributed by atoms with E-state index in [1.54, 1.807) is 0 Å². The number of carbonyl (C=O) groups excluding carboxylic acids is 3. The largest absolute Gasteiger partial charge is 0.460 e. The molecule has 0 unspecified atom stereocenters. The molecule has 0 saturated heterocycles. The van der Waals surface area contributed by atoms with Crippen molar-refractivity contribution in [3.05, 3.63) is 10.1 Å². The van der Waals surface area contributed by atoms with Crippen LogP contribution in [-0.2, 0) is 28.6 Å². The van der Waals surface area contributed by atoms with E-state index in [0.717, 1.165) is 0 Å². The standard InChI is InChI=1S/C16H6F21NO8/c17-8(18,11(23,24)14(29,30)31)4(39)44-1-7(38(42)43,2-45-5(40)9(19,20)12(25,26)15(32,33)34)3-46-6(41)10(21,22)13(27,28)16(35,36)37/h1-3H2. The van der Waals surface area contributed by atoms with Gasteiger partial charge in [-0.15, -0.1) is 0 Å². The van der Waals surface area contributed by atoms with Gasteiger partial charge in [-0.25, -0.2) is 14.4 Å². The Kier molecular flexibility index (Phi) is 11.2. The van der Waals surface area contributed by atoms with Gasteiger partial charge in [-0.3, -0.25) is 10.1 Å². The first-order valence-electron chi connectivity index (χ1n) is 9.96. The average Bonchev–Trinajstić information content (AvgIpc) is 2.84. The third-order valence-electron chi connectivity index (χ3n) is 4.82. The van der Waals surface area contributed by atoms with Crippen LogP contribution in [0.3, 0.4) is 0 Å². The molecule has 0 amide bonds. The number of halogens is 21. The lowest BCUT2D eigenvalue weighted by Crippen LogP contribution is -2.61. The third kappa shape index (κ3) is 7.32. The first-order valence-corrected chi connectivity index (χ1v) is 9.96. The minimum Gasteiger partial charge on any atom is -0.453 e. The normalized spacial score (nSPS) is 14.9. The van der Waals surface area contributed by atoms with E-state index in [0.29, 0.717) is 0 Å². The maximum atomic E-state index is 13.4. The lowest BCUT2D eigenvalue weighted by molar-refractivity contribution is -0.580. The van der Waals surface area contributed by atoms with Crippen molar-refractivity contribution in [2.45, 2.75) is 59.6 Å². The molecule has 0 aliphatic rings. The highest BCUT2D eigenvalue weighted by Gasteiger charge is 2.79. The van der Waals surface area contributed by atoms with Crippen molar-refractivity contribution in [3.8, 4) is 0 Å². The summed E-state index contributed by atoms with van der Waals surface area (Å²) in [5.74, 6) is -56.8. The van der Waals surface area contributed by atoms with E-state index < -0.39 is 102 Å². The van der Waals surface area contributed by atoms with Crippen LogP contribution in [-0.4, -0.2) is 102 Å². The van der Waals surface area contributed by atoms with E-state index in [-0.39, 0.29) is 0 Å². The highest BCUT2D eigenvalue weighted by atomic mass is 19.4. The van der Waals surface area contributed by atoms with Gasteiger partial charge in [-0.1, -0.05) is 0 Å². The second kappa shape index (κ2) is 12.2. The second-order valence-corrected chi connectivity index (χ2v) is 8.15. The van der Waals surface area contributed by atoms with Gasteiger partial charge in [0.25, 0.3) is 0 Å². The van der Waals surface area contributed by atoms with E-state index in [4.69, 9.17) is 0 Å². The summed E-state index contributed by atoms with van der Waals surface area (Å²) in [7, 11) is 0. The summed E-state index contributed by atoms with van der Waals surface area (Å²) in [5.41, 5.74) is -4.82. The second-order valence-electron chi connectivity index (χ2n) is 8.15. The van der Waals surface area contributed by atoms with Crippen LogP contribution in [0.1, 0.15) is 0 Å². The van der Waals surface area contributed by atoms with Crippen LogP contribution in [0.25, 0.3) is 0 Å². The van der Waals surface area contributed by atoms with E-state index in [1.807, 2.05) is 0 Å². The van der Waals surface area contributed by atoms with E-state index in [9.17, 15) is 117 Å². The minimum absolute atomic E-state index is 2.62. The van der Waals surface area contributed by atoms with Crippen molar-refractivity contribution >= 4 is 17.9 Å². The van der Waals surface area contributed by atoms with Gasteiger partial charge in [-0.2, -0.15) is 92.2 Å². The summed E-state index contributed by atoms with van der Waals surface area (Å²) in [6.45, 7) is -9.73. The van der Waals surface area contributed by atoms with Crippen LogP contribution in [0.5, 0.6) is 0 Å². The van der Waals surface area contributed by atoms with E-state index in [2.05, 4.69) is 14.2 Å². The molecule has 9 nitrogen and oxygen atoms in total. The van der Waals surface area contributed by atoms with Gasteiger partial charge in [-0.05, 0) is 0 Å². The van der Waals surface area contributed by atoms with Gasteiger partial charge >= 0.3 is 77.5 Å². The number of hydrogen-bond acceptors (Lipinski definition) is 8. The summed E-state index contributed by atoms with van der Waals surface area (Å²) in [6, 6.07) is 0. The Balaban J connectivity index is 6.76. The zero-order chi connectivity index (χ0) is 37.6. The molecular formula is C16H6F21NO8. The summed E-state index contributed by atoms with van der Waals surface area (Å²) in [6.07, 6.45) is -22.2. The van der Waals surface area contributed by atoms with Crippen molar-refractivity contribution in [1.82, 2.24) is 0 Å². The zero-order valence-electron chi connectivity index (χ0n) is 20.3. The molecular weight excluding hydrogens is 733 g/mol. The molecule has 0 saturated carbocycles. The third-order valence-corrected chi connectivity index (χ3v) is 4.82. The SMILES string of the molecule is O=C(OCC(COC(=O)C(F)(F)C(F)(F)C(F)(F)F)(COC(=O)C(F)(F)C(F)(F)C(F)(F)F)[N+](=O)[O-])C(F)(F)C(F)(F)C(F)(F)F. The van der Waals surface area contributed by atoms with Gasteiger partial charge in [0.15, 0.2) is 19.8 Å². The summed E-state index contributed by atoms with van der Waals surface area (Å²) in [4.78, 5) is 42.4. The zero-order valence-corrected chi connectivity index (χ0v) is 20.3. The molecule has 0 aromatic heterocycles. The fraction of sp³-hybridized carbons (Fsp3) is 0.812. The molecule has 0 bridgehead atoms. The molecule has 30 heteroatoms. The van der Waals surface area contributed by atoms with E-state index >= 15 is 0 Å². The fourth-order valence-corrected chi connectivity index (χ4v) is 2.07. The Morgan fingerprint density at radius 2 is 0.609 bits per heavy atom. The summed E-state index contributed by atoms with van der Waals surface area (Å²) < 4.78 is 277. The van der Waals surface area contributed by atoms with Crippen molar-refractivity contribution in [3.63, 3.8) is 0 Å². The van der Waals surface area contributed by atoms with Gasteiger partial charge in [0.1, 0.15) is 0 Å². The molecule has 0 aromatic rings. The molecule has 0 heterocycles. The fourth-order valence-electron chi connectivity index (χ4n) is 2.07. The van der Waals surface area contributed by atoms with Gasteiger partial charge in [0, 0.05) is 4.92 Å². The van der Waals surface area contributed by atoms with Crippen LogP contribution >= 0.6 is 0 Å². The van der Waals surface area contributed by atoms with Crippen molar-refractivity contribution < 1.29 is 126 Å². The first kappa shape index (κ1) is 42.3. The Morgan fingerprint density at radius 1 is 0.435 bits per heavy atom. The molecule has 0 radical (unpaired) electrons. The number of rotatable bonds is 13. The minimum atomic E-state index is -7.48. The molecule has 0 rings (SSSR count). The highest BCUT2D eigenvalue weighted by molar-refractivity contribution is 5.80. The number of nitrogens with zero attached hydrogens (tertiary/aromatic N) is 1. The topological polar surface area (TPSA) is 122 Å². The first-order chi connectivity index (χ1) is 19.8. The number of carbonyl (C=O) groups is 3. The summed E-state index contributed by atoms with van der Waals surface area (Å²) in [5, 5.41) is 11.4. The molecule has 0 fully saturated rings. The van der Waals surface area contributed by atoms with Crippen LogP contribution in [0.15, 0.2) is 0 Å². The van der Waals surface area contributed by atoms with Gasteiger partial charge < -0.3 is 14.2 Å². The monoisotopic (exact) mass is 739 g/mol. The van der Waals surface area contributed by atoms with Crippen LogP contribution in [0.2, 0.25) is 0 Å². The Hall–Kier alpha value is -3.66. The Morgan fingerprint density at radius 3 is 0.739 bits per heavy atom. The smallest absolute Gasteiger partial charge is 0.453 e. The number of ether oxygens (including phenoxy) is 3.